The van der Waals surface area contributed by atoms with Crippen LogP contribution in [0.25, 0.3) is 0 Å². The zero-order valence-electron chi connectivity index (χ0n) is 12.3. The van der Waals surface area contributed by atoms with Crippen LogP contribution < -0.4 is 5.32 Å². The van der Waals surface area contributed by atoms with Gasteiger partial charge < -0.3 is 10.1 Å². The number of benzene rings is 1. The third-order valence-electron chi connectivity index (χ3n) is 3.78. The molecule has 0 aromatic heterocycles. The summed E-state index contributed by atoms with van der Waals surface area (Å²) < 4.78 is 42.6. The van der Waals surface area contributed by atoms with Crippen LogP contribution in [0.2, 0.25) is 0 Å². The van der Waals surface area contributed by atoms with Gasteiger partial charge in [0.15, 0.2) is 0 Å². The molecule has 0 amide bonds. The first-order valence-electron chi connectivity index (χ1n) is 7.10. The van der Waals surface area contributed by atoms with E-state index in [1.165, 1.54) is 19.2 Å². The molecule has 0 radical (unpaired) electrons. The van der Waals surface area contributed by atoms with Gasteiger partial charge in [0.1, 0.15) is 0 Å². The van der Waals surface area contributed by atoms with E-state index in [4.69, 9.17) is 4.74 Å². The normalized spacial score (nSPS) is 18.0. The van der Waals surface area contributed by atoms with Crippen LogP contribution in [-0.4, -0.2) is 50.7 Å². The van der Waals surface area contributed by atoms with Crippen LogP contribution in [0.5, 0.6) is 0 Å². The molecule has 1 aliphatic heterocycles. The lowest BCUT2D eigenvalue weighted by atomic mass is 9.97. The van der Waals surface area contributed by atoms with Crippen molar-refractivity contribution in [1.82, 2.24) is 10.2 Å². The van der Waals surface area contributed by atoms with E-state index in [1.54, 1.807) is 0 Å². The monoisotopic (exact) mass is 316 g/mol. The molecule has 1 saturated heterocycles. The molecule has 0 aliphatic carbocycles. The molecule has 1 fully saturated rings. The molecule has 1 aliphatic rings. The van der Waals surface area contributed by atoms with E-state index in [0.717, 1.165) is 38.3 Å². The van der Waals surface area contributed by atoms with E-state index in [-0.39, 0.29) is 0 Å². The Morgan fingerprint density at radius 1 is 1.27 bits per heavy atom. The molecule has 1 heterocycles. The van der Waals surface area contributed by atoms with Crippen molar-refractivity contribution in [3.05, 3.63) is 35.4 Å². The van der Waals surface area contributed by atoms with E-state index < -0.39 is 23.6 Å². The highest BCUT2D eigenvalue weighted by atomic mass is 19.4. The molecule has 0 bridgehead atoms. The summed E-state index contributed by atoms with van der Waals surface area (Å²) >= 11 is 0. The van der Waals surface area contributed by atoms with Crippen molar-refractivity contribution >= 4 is 5.97 Å². The number of piperazine rings is 1. The number of nitrogens with zero attached hydrogens (tertiary/aromatic N) is 1. The van der Waals surface area contributed by atoms with Crippen LogP contribution in [0.1, 0.15) is 17.0 Å². The minimum atomic E-state index is -4.38. The average molecular weight is 316 g/mol. The van der Waals surface area contributed by atoms with E-state index >= 15 is 0 Å². The first-order chi connectivity index (χ1) is 10.4. The fraction of sp³-hybridized carbons (Fsp3) is 0.533. The molecule has 2 rings (SSSR count). The third-order valence-corrected chi connectivity index (χ3v) is 3.78. The van der Waals surface area contributed by atoms with Crippen molar-refractivity contribution in [2.24, 2.45) is 0 Å². The summed E-state index contributed by atoms with van der Waals surface area (Å²) in [6, 6.07) is 4.71. The van der Waals surface area contributed by atoms with Gasteiger partial charge in [0.2, 0.25) is 0 Å². The third kappa shape index (κ3) is 4.20. The van der Waals surface area contributed by atoms with Crippen molar-refractivity contribution in [1.29, 1.82) is 0 Å². The highest BCUT2D eigenvalue weighted by Crippen LogP contribution is 2.30. The van der Waals surface area contributed by atoms with Gasteiger partial charge in [0.25, 0.3) is 0 Å². The maximum Gasteiger partial charge on any atom is 0.416 e. The van der Waals surface area contributed by atoms with Gasteiger partial charge in [-0.3, -0.25) is 9.69 Å². The Hall–Kier alpha value is -1.60. The average Bonchev–Trinajstić information content (AvgIpc) is 2.52. The van der Waals surface area contributed by atoms with Gasteiger partial charge in [-0.15, -0.1) is 0 Å². The standard InChI is InChI=1S/C15H19F3N2O2/c1-22-14(21)13(10-20-8-6-19-7-9-20)11-2-4-12(5-3-11)15(16,17)18/h2-5,13,19H,6-10H2,1H3. The number of nitrogens with one attached hydrogen (secondary N) is 1. The van der Waals surface area contributed by atoms with Gasteiger partial charge >= 0.3 is 12.1 Å². The molecule has 0 spiro atoms. The fourth-order valence-corrected chi connectivity index (χ4v) is 2.51. The van der Waals surface area contributed by atoms with Crippen LogP contribution >= 0.6 is 0 Å². The van der Waals surface area contributed by atoms with Gasteiger partial charge in [-0.1, -0.05) is 12.1 Å². The lowest BCUT2D eigenvalue weighted by Gasteiger charge is -2.30. The number of halogens is 3. The van der Waals surface area contributed by atoms with Gasteiger partial charge in [-0.05, 0) is 17.7 Å². The molecule has 7 heteroatoms. The Morgan fingerprint density at radius 2 is 1.86 bits per heavy atom. The van der Waals surface area contributed by atoms with Crippen molar-refractivity contribution in [2.75, 3.05) is 39.8 Å². The van der Waals surface area contributed by atoms with Gasteiger partial charge in [0.05, 0.1) is 18.6 Å². The Labute approximate surface area is 127 Å². The van der Waals surface area contributed by atoms with E-state index in [1.807, 2.05) is 0 Å². The molecular formula is C15H19F3N2O2. The van der Waals surface area contributed by atoms with Crippen LogP contribution in [0.15, 0.2) is 24.3 Å². The first kappa shape index (κ1) is 16.8. The Bertz CT molecular complexity index is 497. The topological polar surface area (TPSA) is 41.6 Å². The van der Waals surface area contributed by atoms with E-state index in [2.05, 4.69) is 10.2 Å². The molecule has 1 unspecified atom stereocenters. The van der Waals surface area contributed by atoms with Crippen LogP contribution in [0.3, 0.4) is 0 Å². The molecule has 1 atom stereocenters. The number of carbonyl (C=O) groups excluding carboxylic acids is 1. The number of rotatable bonds is 4. The summed E-state index contributed by atoms with van der Waals surface area (Å²) in [7, 11) is 1.29. The lowest BCUT2D eigenvalue weighted by Crippen LogP contribution is -2.45. The van der Waals surface area contributed by atoms with Crippen LogP contribution in [-0.2, 0) is 15.7 Å². The minimum absolute atomic E-state index is 0.432. The number of hydrogen-bond donors (Lipinski definition) is 1. The van der Waals surface area contributed by atoms with Crippen molar-refractivity contribution < 1.29 is 22.7 Å². The molecule has 1 aromatic rings. The molecule has 0 saturated carbocycles. The molecule has 1 aromatic carbocycles. The number of ether oxygens (including phenoxy) is 1. The SMILES string of the molecule is COC(=O)C(CN1CCNCC1)c1ccc(C(F)(F)F)cc1. The maximum absolute atomic E-state index is 12.6. The van der Waals surface area contributed by atoms with Gasteiger partial charge in [0, 0.05) is 32.7 Å². The highest BCUT2D eigenvalue weighted by molar-refractivity contribution is 5.78. The zero-order chi connectivity index (χ0) is 16.2. The number of hydrogen-bond acceptors (Lipinski definition) is 4. The lowest BCUT2D eigenvalue weighted by molar-refractivity contribution is -0.143. The molecular weight excluding hydrogens is 297 g/mol. The summed E-state index contributed by atoms with van der Waals surface area (Å²) in [4.78, 5) is 14.1. The Kier molecular flexibility index (Phi) is 5.42. The summed E-state index contributed by atoms with van der Waals surface area (Å²) in [5, 5.41) is 3.21. The number of carbonyl (C=O) groups is 1. The largest absolute Gasteiger partial charge is 0.469 e. The molecule has 1 N–H and O–H groups in total. The Balaban J connectivity index is 2.16. The van der Waals surface area contributed by atoms with Crippen LogP contribution in [0, 0.1) is 0 Å². The quantitative estimate of drug-likeness (QED) is 0.861. The first-order valence-corrected chi connectivity index (χ1v) is 7.10. The fourth-order valence-electron chi connectivity index (χ4n) is 2.51. The van der Waals surface area contributed by atoms with Crippen molar-refractivity contribution in [2.45, 2.75) is 12.1 Å². The second kappa shape index (κ2) is 7.11. The number of methoxy groups -OCH3 is 1. The highest BCUT2D eigenvalue weighted by Gasteiger charge is 2.31. The summed E-state index contributed by atoms with van der Waals surface area (Å²) in [6.07, 6.45) is -4.38. The van der Waals surface area contributed by atoms with E-state index in [9.17, 15) is 18.0 Å². The van der Waals surface area contributed by atoms with Gasteiger partial charge in [-0.25, -0.2) is 0 Å². The maximum atomic E-state index is 12.6. The smallest absolute Gasteiger partial charge is 0.416 e. The molecule has 22 heavy (non-hydrogen) atoms. The van der Waals surface area contributed by atoms with E-state index in [0.29, 0.717) is 12.1 Å². The summed E-state index contributed by atoms with van der Waals surface area (Å²) in [5.74, 6) is -1.01. The summed E-state index contributed by atoms with van der Waals surface area (Å²) in [5.41, 5.74) is -0.180. The zero-order valence-corrected chi connectivity index (χ0v) is 12.3. The number of esters is 1. The Morgan fingerprint density at radius 3 is 2.36 bits per heavy atom. The predicted octanol–water partition coefficient (Wildman–Crippen LogP) is 1.87. The second-order valence-corrected chi connectivity index (χ2v) is 5.25. The van der Waals surface area contributed by atoms with Crippen LogP contribution in [0.4, 0.5) is 13.2 Å². The second-order valence-electron chi connectivity index (χ2n) is 5.25. The summed E-state index contributed by atoms with van der Waals surface area (Å²) in [6.45, 7) is 3.71. The molecule has 4 nitrogen and oxygen atoms in total. The van der Waals surface area contributed by atoms with Crippen molar-refractivity contribution in [3.63, 3.8) is 0 Å². The predicted molar refractivity (Wildman–Crippen MR) is 75.5 cm³/mol. The van der Waals surface area contributed by atoms with Gasteiger partial charge in [-0.2, -0.15) is 13.2 Å². The number of alkyl halides is 3. The minimum Gasteiger partial charge on any atom is -0.469 e. The molecule has 122 valence electrons. The van der Waals surface area contributed by atoms with Crippen molar-refractivity contribution in [3.8, 4) is 0 Å².